The number of nitrogens with zero attached hydrogens (tertiary/aromatic N) is 2. The highest BCUT2D eigenvalue weighted by Gasteiger charge is 2.10. The summed E-state index contributed by atoms with van der Waals surface area (Å²) in [6.45, 7) is -0.00254. The van der Waals surface area contributed by atoms with Crippen LogP contribution in [0, 0.1) is 5.82 Å². The smallest absolute Gasteiger partial charge is 0.274 e. The number of aromatic nitrogens is 2. The molecule has 0 amide bonds. The average molecular weight is 314 g/mol. The molecule has 3 rings (SSSR count). The zero-order valence-corrected chi connectivity index (χ0v) is 12.2. The summed E-state index contributed by atoms with van der Waals surface area (Å²) in [5.41, 5.74) is -0.260. The van der Waals surface area contributed by atoms with E-state index in [1.165, 1.54) is 28.9 Å². The molecule has 1 N–H and O–H groups in total. The minimum atomic E-state index is -0.911. The Bertz CT molecular complexity index is 862. The SMILES string of the molecule is O=c1c2ccccc2cnn1C[C@@H](O)COc1ccc(F)cc1. The summed E-state index contributed by atoms with van der Waals surface area (Å²) in [6.07, 6.45) is 0.677. The molecule has 23 heavy (non-hydrogen) atoms. The van der Waals surface area contributed by atoms with E-state index in [1.54, 1.807) is 18.3 Å². The molecule has 6 heteroatoms. The monoisotopic (exact) mass is 314 g/mol. The lowest BCUT2D eigenvalue weighted by molar-refractivity contribution is 0.0881. The van der Waals surface area contributed by atoms with Gasteiger partial charge in [0.2, 0.25) is 0 Å². The third-order valence-corrected chi connectivity index (χ3v) is 3.40. The number of aliphatic hydroxyl groups excluding tert-OH is 1. The molecular weight excluding hydrogens is 299 g/mol. The summed E-state index contributed by atoms with van der Waals surface area (Å²) >= 11 is 0. The predicted octanol–water partition coefficient (Wildman–Crippen LogP) is 1.98. The Morgan fingerprint density at radius 3 is 2.70 bits per heavy atom. The third-order valence-electron chi connectivity index (χ3n) is 3.40. The van der Waals surface area contributed by atoms with Crippen molar-refractivity contribution in [2.24, 2.45) is 0 Å². The molecule has 118 valence electrons. The lowest BCUT2D eigenvalue weighted by Crippen LogP contribution is -2.31. The molecule has 1 aromatic heterocycles. The summed E-state index contributed by atoms with van der Waals surface area (Å²) in [5.74, 6) is 0.0917. The van der Waals surface area contributed by atoms with Crippen LogP contribution in [0.25, 0.3) is 10.8 Å². The summed E-state index contributed by atoms with van der Waals surface area (Å²) in [6, 6.07) is 12.6. The van der Waals surface area contributed by atoms with Crippen LogP contribution in [0.15, 0.2) is 59.5 Å². The maximum absolute atomic E-state index is 12.8. The first kappa shape index (κ1) is 15.2. The highest BCUT2D eigenvalue weighted by atomic mass is 19.1. The molecular formula is C17H15FN2O3. The number of halogens is 1. The first-order valence-electron chi connectivity index (χ1n) is 7.15. The van der Waals surface area contributed by atoms with Gasteiger partial charge in [-0.2, -0.15) is 5.10 Å². The topological polar surface area (TPSA) is 64.4 Å². The van der Waals surface area contributed by atoms with E-state index in [1.807, 2.05) is 12.1 Å². The van der Waals surface area contributed by atoms with Crippen LogP contribution in [-0.4, -0.2) is 27.6 Å². The number of aliphatic hydroxyl groups is 1. The van der Waals surface area contributed by atoms with Crippen molar-refractivity contribution >= 4 is 10.8 Å². The predicted molar refractivity (Wildman–Crippen MR) is 83.9 cm³/mol. The van der Waals surface area contributed by atoms with E-state index in [4.69, 9.17) is 4.74 Å². The fraction of sp³-hybridized carbons (Fsp3) is 0.176. The molecule has 0 radical (unpaired) electrons. The van der Waals surface area contributed by atoms with Crippen molar-refractivity contribution in [3.8, 4) is 5.75 Å². The van der Waals surface area contributed by atoms with Gasteiger partial charge in [0, 0.05) is 5.39 Å². The Morgan fingerprint density at radius 2 is 1.91 bits per heavy atom. The van der Waals surface area contributed by atoms with Crippen molar-refractivity contribution in [3.63, 3.8) is 0 Å². The van der Waals surface area contributed by atoms with Crippen molar-refractivity contribution in [3.05, 3.63) is 70.9 Å². The number of ether oxygens (including phenoxy) is 1. The van der Waals surface area contributed by atoms with E-state index in [9.17, 15) is 14.3 Å². The minimum absolute atomic E-state index is 0.0187. The second-order valence-electron chi connectivity index (χ2n) is 5.14. The van der Waals surface area contributed by atoms with E-state index in [-0.39, 0.29) is 24.5 Å². The Morgan fingerprint density at radius 1 is 1.17 bits per heavy atom. The fourth-order valence-electron chi connectivity index (χ4n) is 2.23. The molecule has 0 saturated heterocycles. The second-order valence-corrected chi connectivity index (χ2v) is 5.14. The molecule has 0 spiro atoms. The lowest BCUT2D eigenvalue weighted by atomic mass is 10.2. The van der Waals surface area contributed by atoms with Crippen molar-refractivity contribution in [1.29, 1.82) is 0 Å². The number of benzene rings is 2. The van der Waals surface area contributed by atoms with Gasteiger partial charge < -0.3 is 9.84 Å². The quantitative estimate of drug-likeness (QED) is 0.782. The highest BCUT2D eigenvalue weighted by molar-refractivity contribution is 5.80. The van der Waals surface area contributed by atoms with Crippen molar-refractivity contribution in [2.75, 3.05) is 6.61 Å². The molecule has 0 saturated carbocycles. The van der Waals surface area contributed by atoms with E-state index < -0.39 is 6.10 Å². The molecule has 3 aromatic rings. The fourth-order valence-corrected chi connectivity index (χ4v) is 2.23. The zero-order valence-electron chi connectivity index (χ0n) is 12.2. The maximum Gasteiger partial charge on any atom is 0.274 e. The van der Waals surface area contributed by atoms with Crippen LogP contribution < -0.4 is 10.3 Å². The van der Waals surface area contributed by atoms with Crippen LogP contribution >= 0.6 is 0 Å². The highest BCUT2D eigenvalue weighted by Crippen LogP contribution is 2.11. The molecule has 0 bridgehead atoms. The van der Waals surface area contributed by atoms with Crippen LogP contribution in [0.1, 0.15) is 0 Å². The number of hydrogen-bond acceptors (Lipinski definition) is 4. The second kappa shape index (κ2) is 6.58. The third kappa shape index (κ3) is 3.54. The molecule has 5 nitrogen and oxygen atoms in total. The summed E-state index contributed by atoms with van der Waals surface area (Å²) in [5, 5.41) is 15.4. The molecule has 0 fully saturated rings. The van der Waals surface area contributed by atoms with E-state index in [0.717, 1.165) is 5.39 Å². The summed E-state index contributed by atoms with van der Waals surface area (Å²) < 4.78 is 19.4. The van der Waals surface area contributed by atoms with Gasteiger partial charge in [-0.05, 0) is 30.3 Å². The Balaban J connectivity index is 1.68. The van der Waals surface area contributed by atoms with Crippen LogP contribution in [0.2, 0.25) is 0 Å². The van der Waals surface area contributed by atoms with Crippen LogP contribution in [-0.2, 0) is 6.54 Å². The van der Waals surface area contributed by atoms with Gasteiger partial charge in [-0.1, -0.05) is 18.2 Å². The zero-order chi connectivity index (χ0) is 16.2. The van der Waals surface area contributed by atoms with Crippen LogP contribution in [0.4, 0.5) is 4.39 Å². The summed E-state index contributed by atoms with van der Waals surface area (Å²) in [4.78, 5) is 12.3. The van der Waals surface area contributed by atoms with Gasteiger partial charge in [0.05, 0.1) is 18.1 Å². The van der Waals surface area contributed by atoms with Crippen LogP contribution in [0.5, 0.6) is 5.75 Å². The van der Waals surface area contributed by atoms with Gasteiger partial charge in [-0.25, -0.2) is 9.07 Å². The molecule has 0 aliphatic carbocycles. The van der Waals surface area contributed by atoms with Crippen LogP contribution in [0.3, 0.4) is 0 Å². The number of hydrogen-bond donors (Lipinski definition) is 1. The van der Waals surface area contributed by atoms with Crippen molar-refractivity contribution in [1.82, 2.24) is 9.78 Å². The van der Waals surface area contributed by atoms with E-state index in [0.29, 0.717) is 11.1 Å². The standard InChI is InChI=1S/C17H15FN2O3/c18-13-5-7-15(8-6-13)23-11-14(21)10-20-17(22)16-4-2-1-3-12(16)9-19-20/h1-9,14,21H,10-11H2/t14-/m1/s1. The largest absolute Gasteiger partial charge is 0.491 e. The van der Waals surface area contributed by atoms with Gasteiger partial charge in [0.1, 0.15) is 24.3 Å². The maximum atomic E-state index is 12.8. The molecule has 2 aromatic carbocycles. The Labute approximate surface area is 131 Å². The Kier molecular flexibility index (Phi) is 4.34. The minimum Gasteiger partial charge on any atom is -0.491 e. The Hall–Kier alpha value is -2.73. The normalized spacial score (nSPS) is 12.3. The molecule has 1 atom stereocenters. The van der Waals surface area contributed by atoms with Gasteiger partial charge in [0.15, 0.2) is 0 Å². The van der Waals surface area contributed by atoms with E-state index in [2.05, 4.69) is 5.10 Å². The van der Waals surface area contributed by atoms with Gasteiger partial charge in [0.25, 0.3) is 5.56 Å². The first-order valence-corrected chi connectivity index (χ1v) is 7.15. The molecule has 0 unspecified atom stereocenters. The van der Waals surface area contributed by atoms with Gasteiger partial charge in [-0.3, -0.25) is 4.79 Å². The van der Waals surface area contributed by atoms with Crippen molar-refractivity contribution < 1.29 is 14.2 Å². The lowest BCUT2D eigenvalue weighted by Gasteiger charge is -2.13. The number of fused-ring (bicyclic) bond motifs is 1. The molecule has 0 aliphatic rings. The average Bonchev–Trinajstić information content (AvgIpc) is 2.57. The van der Waals surface area contributed by atoms with Crippen molar-refractivity contribution in [2.45, 2.75) is 12.6 Å². The van der Waals surface area contributed by atoms with Gasteiger partial charge >= 0.3 is 0 Å². The molecule has 1 heterocycles. The first-order chi connectivity index (χ1) is 11.1. The number of rotatable bonds is 5. The summed E-state index contributed by atoms with van der Waals surface area (Å²) in [7, 11) is 0. The molecule has 0 aliphatic heterocycles. The van der Waals surface area contributed by atoms with E-state index >= 15 is 0 Å². The van der Waals surface area contributed by atoms with Gasteiger partial charge in [-0.15, -0.1) is 0 Å².